The highest BCUT2D eigenvalue weighted by molar-refractivity contribution is 5.94. The van der Waals surface area contributed by atoms with Gasteiger partial charge in [-0.15, -0.1) is 0 Å². The van der Waals surface area contributed by atoms with Crippen molar-refractivity contribution < 1.29 is 14.3 Å². The summed E-state index contributed by atoms with van der Waals surface area (Å²) in [5, 5.41) is 0. The van der Waals surface area contributed by atoms with Crippen molar-refractivity contribution in [2.75, 3.05) is 37.7 Å². The Balaban J connectivity index is 1.18. The molecule has 0 spiro atoms. The average molecular weight is 435 g/mol. The van der Waals surface area contributed by atoms with Crippen LogP contribution in [0.25, 0.3) is 0 Å². The molecule has 1 atom stereocenters. The van der Waals surface area contributed by atoms with Gasteiger partial charge in [0, 0.05) is 44.5 Å². The number of piperazine rings is 1. The number of anilines is 1. The van der Waals surface area contributed by atoms with Gasteiger partial charge in [0.05, 0.1) is 6.04 Å². The van der Waals surface area contributed by atoms with Crippen LogP contribution < -0.4 is 4.90 Å². The van der Waals surface area contributed by atoms with Crippen molar-refractivity contribution in [3.8, 4) is 0 Å². The molecule has 32 heavy (non-hydrogen) atoms. The largest absolute Gasteiger partial charge is 0.447 e. The van der Waals surface area contributed by atoms with E-state index in [0.717, 1.165) is 24.5 Å². The minimum Gasteiger partial charge on any atom is -0.447 e. The smallest absolute Gasteiger partial charge is 0.410 e. The lowest BCUT2D eigenvalue weighted by molar-refractivity contribution is 0.0746. The number of aromatic nitrogens is 1. The molecule has 7 heteroatoms. The summed E-state index contributed by atoms with van der Waals surface area (Å²) in [5.41, 5.74) is 4.26. The zero-order valence-electron chi connectivity index (χ0n) is 18.8. The van der Waals surface area contributed by atoms with E-state index in [2.05, 4.69) is 17.9 Å². The molecule has 1 aliphatic carbocycles. The van der Waals surface area contributed by atoms with E-state index in [9.17, 15) is 9.59 Å². The number of carbonyl (C=O) groups is 2. The SMILES string of the molecule is Cc1cc(C2CC2)cnc1N1CCN(C(=O)c2ccc(CN3C(=O)OC[C@@H]3C)cc2)CC1. The number of rotatable bonds is 5. The summed E-state index contributed by atoms with van der Waals surface area (Å²) >= 11 is 0. The summed E-state index contributed by atoms with van der Waals surface area (Å²) in [6.45, 7) is 7.98. The van der Waals surface area contributed by atoms with Gasteiger partial charge in [0.25, 0.3) is 5.91 Å². The van der Waals surface area contributed by atoms with E-state index < -0.39 is 0 Å². The van der Waals surface area contributed by atoms with Crippen molar-refractivity contribution in [1.82, 2.24) is 14.8 Å². The van der Waals surface area contributed by atoms with E-state index in [-0.39, 0.29) is 18.0 Å². The zero-order chi connectivity index (χ0) is 22.2. The van der Waals surface area contributed by atoms with E-state index in [1.54, 1.807) is 4.90 Å². The molecule has 3 aliphatic rings. The third-order valence-corrected chi connectivity index (χ3v) is 6.76. The van der Waals surface area contributed by atoms with Crippen LogP contribution in [0.4, 0.5) is 10.6 Å². The third kappa shape index (κ3) is 4.16. The van der Waals surface area contributed by atoms with Gasteiger partial charge >= 0.3 is 6.09 Å². The van der Waals surface area contributed by atoms with E-state index in [1.165, 1.54) is 24.0 Å². The van der Waals surface area contributed by atoms with Gasteiger partial charge in [-0.05, 0) is 61.4 Å². The normalized spacial score (nSPS) is 21.1. The number of amides is 2. The molecule has 2 aliphatic heterocycles. The maximum Gasteiger partial charge on any atom is 0.410 e. The van der Waals surface area contributed by atoms with Crippen molar-refractivity contribution in [3.63, 3.8) is 0 Å². The lowest BCUT2D eigenvalue weighted by atomic mass is 10.1. The second kappa shape index (κ2) is 8.45. The fourth-order valence-electron chi connectivity index (χ4n) is 4.58. The number of benzene rings is 1. The molecule has 5 rings (SSSR count). The number of ether oxygens (including phenoxy) is 1. The predicted molar refractivity (Wildman–Crippen MR) is 122 cm³/mol. The van der Waals surface area contributed by atoms with Gasteiger partial charge in [-0.2, -0.15) is 0 Å². The molecule has 168 valence electrons. The van der Waals surface area contributed by atoms with Gasteiger partial charge in [0.1, 0.15) is 12.4 Å². The number of carbonyl (C=O) groups excluding carboxylic acids is 2. The second-order valence-electron chi connectivity index (χ2n) is 9.21. The minimum atomic E-state index is -0.276. The van der Waals surface area contributed by atoms with Gasteiger partial charge in [-0.3, -0.25) is 9.69 Å². The maximum absolute atomic E-state index is 13.0. The fourth-order valence-corrected chi connectivity index (χ4v) is 4.58. The summed E-state index contributed by atoms with van der Waals surface area (Å²) in [7, 11) is 0. The Kier molecular flexibility index (Phi) is 5.49. The first-order chi connectivity index (χ1) is 15.5. The summed E-state index contributed by atoms with van der Waals surface area (Å²) in [6.07, 6.45) is 4.32. The molecule has 3 heterocycles. The van der Waals surface area contributed by atoms with Crippen LogP contribution in [0.1, 0.15) is 52.7 Å². The van der Waals surface area contributed by atoms with Gasteiger partial charge in [0.2, 0.25) is 0 Å². The van der Waals surface area contributed by atoms with Crippen LogP contribution in [0.5, 0.6) is 0 Å². The van der Waals surface area contributed by atoms with Crippen LogP contribution in [-0.2, 0) is 11.3 Å². The summed E-state index contributed by atoms with van der Waals surface area (Å²) < 4.78 is 5.08. The van der Waals surface area contributed by atoms with Gasteiger partial charge in [-0.1, -0.05) is 18.2 Å². The monoisotopic (exact) mass is 434 g/mol. The van der Waals surface area contributed by atoms with Crippen molar-refractivity contribution in [2.45, 2.75) is 45.2 Å². The number of hydrogen-bond donors (Lipinski definition) is 0. The van der Waals surface area contributed by atoms with Crippen LogP contribution >= 0.6 is 0 Å². The Morgan fingerprint density at radius 2 is 1.84 bits per heavy atom. The first-order valence-electron chi connectivity index (χ1n) is 11.5. The molecule has 1 aromatic carbocycles. The van der Waals surface area contributed by atoms with Crippen LogP contribution in [0.2, 0.25) is 0 Å². The van der Waals surface area contributed by atoms with Gasteiger partial charge in [-0.25, -0.2) is 9.78 Å². The van der Waals surface area contributed by atoms with E-state index >= 15 is 0 Å². The quantitative estimate of drug-likeness (QED) is 0.720. The molecule has 1 aromatic heterocycles. The molecule has 2 amide bonds. The van der Waals surface area contributed by atoms with Crippen molar-refractivity contribution in [3.05, 3.63) is 58.8 Å². The van der Waals surface area contributed by atoms with E-state index in [4.69, 9.17) is 9.72 Å². The van der Waals surface area contributed by atoms with Crippen LogP contribution in [0.3, 0.4) is 0 Å². The Hall–Kier alpha value is -3.09. The zero-order valence-corrected chi connectivity index (χ0v) is 18.8. The topological polar surface area (TPSA) is 66.0 Å². The maximum atomic E-state index is 13.0. The lowest BCUT2D eigenvalue weighted by Gasteiger charge is -2.36. The van der Waals surface area contributed by atoms with Crippen LogP contribution in [-0.4, -0.2) is 65.6 Å². The molecule has 2 saturated heterocycles. The van der Waals surface area contributed by atoms with Gasteiger partial charge < -0.3 is 14.5 Å². The van der Waals surface area contributed by atoms with Gasteiger partial charge in [0.15, 0.2) is 0 Å². The Morgan fingerprint density at radius 1 is 1.12 bits per heavy atom. The number of nitrogens with zero attached hydrogens (tertiary/aromatic N) is 4. The highest BCUT2D eigenvalue weighted by Gasteiger charge is 2.30. The average Bonchev–Trinajstić information content (AvgIpc) is 3.62. The summed E-state index contributed by atoms with van der Waals surface area (Å²) in [6, 6.07) is 9.93. The number of hydrogen-bond acceptors (Lipinski definition) is 5. The highest BCUT2D eigenvalue weighted by Crippen LogP contribution is 2.40. The number of cyclic esters (lactones) is 1. The molecule has 0 radical (unpaired) electrons. The van der Waals surface area contributed by atoms with E-state index in [1.807, 2.05) is 42.3 Å². The number of aryl methyl sites for hydroxylation is 1. The molecule has 0 unspecified atom stereocenters. The fraction of sp³-hybridized carbons (Fsp3) is 0.480. The summed E-state index contributed by atoms with van der Waals surface area (Å²) in [5.74, 6) is 1.81. The Bertz CT molecular complexity index is 1010. The highest BCUT2D eigenvalue weighted by atomic mass is 16.6. The first-order valence-corrected chi connectivity index (χ1v) is 11.5. The minimum absolute atomic E-state index is 0.0545. The standard InChI is InChI=1S/C25H30N4O3/c1-17-13-22(20-7-8-20)14-26-23(17)27-9-11-28(12-10-27)24(30)21-5-3-19(4-6-21)15-29-18(2)16-32-25(29)31/h3-6,13-14,18,20H,7-12,15-16H2,1-2H3/t18-/m0/s1. The summed E-state index contributed by atoms with van der Waals surface area (Å²) in [4.78, 5) is 35.5. The Labute approximate surface area is 189 Å². The molecule has 1 saturated carbocycles. The predicted octanol–water partition coefficient (Wildman–Crippen LogP) is 3.57. The van der Waals surface area contributed by atoms with Crippen molar-refractivity contribution in [2.24, 2.45) is 0 Å². The van der Waals surface area contributed by atoms with Crippen LogP contribution in [0, 0.1) is 6.92 Å². The molecule has 3 fully saturated rings. The molecular weight excluding hydrogens is 404 g/mol. The molecule has 0 N–H and O–H groups in total. The van der Waals surface area contributed by atoms with Crippen LogP contribution in [0.15, 0.2) is 36.5 Å². The molecular formula is C25H30N4O3. The van der Waals surface area contributed by atoms with E-state index in [0.29, 0.717) is 37.7 Å². The molecule has 7 nitrogen and oxygen atoms in total. The lowest BCUT2D eigenvalue weighted by Crippen LogP contribution is -2.49. The molecule has 0 bridgehead atoms. The third-order valence-electron chi connectivity index (χ3n) is 6.76. The Morgan fingerprint density at radius 3 is 2.44 bits per heavy atom. The number of pyridine rings is 1. The van der Waals surface area contributed by atoms with Crippen molar-refractivity contribution in [1.29, 1.82) is 0 Å². The van der Waals surface area contributed by atoms with Crippen molar-refractivity contribution >= 4 is 17.8 Å². The first kappa shape index (κ1) is 20.8. The second-order valence-corrected chi connectivity index (χ2v) is 9.21. The molecule has 2 aromatic rings.